The molecular formula is C19H24FNO. The number of benzene rings is 1. The Kier molecular flexibility index (Phi) is 6.38. The fourth-order valence-electron chi connectivity index (χ4n) is 2.58. The first-order valence-electron chi connectivity index (χ1n) is 8.14. The van der Waals surface area contributed by atoms with Gasteiger partial charge in [0, 0.05) is 5.56 Å². The minimum absolute atomic E-state index is 0.0869. The topological polar surface area (TPSA) is 33.1 Å². The molecule has 3 heteroatoms. The molecule has 0 amide bonds. The third-order valence-corrected chi connectivity index (χ3v) is 3.88. The average Bonchev–Trinajstić information content (AvgIpc) is 2.52. The summed E-state index contributed by atoms with van der Waals surface area (Å²) in [5, 5.41) is 9.24. The summed E-state index contributed by atoms with van der Waals surface area (Å²) < 4.78 is 14.2. The van der Waals surface area contributed by atoms with Gasteiger partial charge < -0.3 is 5.11 Å². The van der Waals surface area contributed by atoms with Gasteiger partial charge in [-0.15, -0.1) is 0 Å². The molecule has 0 saturated heterocycles. The van der Waals surface area contributed by atoms with Crippen LogP contribution < -0.4 is 0 Å². The Bertz CT molecular complexity index is 580. The van der Waals surface area contributed by atoms with Crippen molar-refractivity contribution in [1.82, 2.24) is 4.98 Å². The Morgan fingerprint density at radius 1 is 1.00 bits per heavy atom. The number of aryl methyl sites for hydroxylation is 1. The molecule has 1 aromatic heterocycles. The highest BCUT2D eigenvalue weighted by Gasteiger charge is 2.07. The van der Waals surface area contributed by atoms with Gasteiger partial charge in [-0.2, -0.15) is 0 Å². The Morgan fingerprint density at radius 3 is 2.45 bits per heavy atom. The van der Waals surface area contributed by atoms with Crippen LogP contribution in [0, 0.1) is 5.82 Å². The number of halogens is 1. The molecule has 0 bridgehead atoms. The lowest BCUT2D eigenvalue weighted by Crippen LogP contribution is -1.92. The van der Waals surface area contributed by atoms with Crippen molar-refractivity contribution in [2.75, 3.05) is 0 Å². The molecule has 2 aromatic rings. The molecule has 1 N–H and O–H groups in total. The molecule has 2 rings (SSSR count). The first-order chi connectivity index (χ1) is 10.7. The number of nitrogens with zero attached hydrogens (tertiary/aromatic N) is 1. The zero-order chi connectivity index (χ0) is 15.8. The SMILES string of the molecule is CCCCCCCCc1ccc(-c2ccc(O)cn2)c(F)c1. The van der Waals surface area contributed by atoms with E-state index < -0.39 is 0 Å². The van der Waals surface area contributed by atoms with Crippen LogP contribution in [0.3, 0.4) is 0 Å². The third-order valence-electron chi connectivity index (χ3n) is 3.88. The van der Waals surface area contributed by atoms with Crippen molar-refractivity contribution < 1.29 is 9.50 Å². The van der Waals surface area contributed by atoms with Crippen LogP contribution in [0.5, 0.6) is 5.75 Å². The van der Waals surface area contributed by atoms with Crippen molar-refractivity contribution in [3.05, 3.63) is 47.9 Å². The Hall–Kier alpha value is -1.90. The summed E-state index contributed by atoms with van der Waals surface area (Å²) in [6, 6.07) is 8.50. The van der Waals surface area contributed by atoms with E-state index in [1.165, 1.54) is 44.4 Å². The van der Waals surface area contributed by atoms with Gasteiger partial charge in [0.05, 0.1) is 11.9 Å². The highest BCUT2D eigenvalue weighted by Crippen LogP contribution is 2.23. The number of aromatic hydroxyl groups is 1. The van der Waals surface area contributed by atoms with Crippen molar-refractivity contribution in [2.24, 2.45) is 0 Å². The van der Waals surface area contributed by atoms with Crippen molar-refractivity contribution in [1.29, 1.82) is 0 Å². The van der Waals surface area contributed by atoms with Crippen LogP contribution in [-0.2, 0) is 6.42 Å². The number of rotatable bonds is 8. The van der Waals surface area contributed by atoms with Crippen LogP contribution >= 0.6 is 0 Å². The molecule has 0 atom stereocenters. The summed E-state index contributed by atoms with van der Waals surface area (Å²) in [5.74, 6) is -0.162. The van der Waals surface area contributed by atoms with Crippen molar-refractivity contribution in [3.63, 3.8) is 0 Å². The van der Waals surface area contributed by atoms with Gasteiger partial charge in [-0.3, -0.25) is 4.98 Å². The van der Waals surface area contributed by atoms with Crippen LogP contribution in [-0.4, -0.2) is 10.1 Å². The molecule has 0 saturated carbocycles. The number of hydrogen-bond acceptors (Lipinski definition) is 2. The van der Waals surface area contributed by atoms with E-state index in [4.69, 9.17) is 0 Å². The van der Waals surface area contributed by atoms with E-state index in [-0.39, 0.29) is 11.6 Å². The van der Waals surface area contributed by atoms with Crippen molar-refractivity contribution in [2.45, 2.75) is 51.9 Å². The molecule has 0 radical (unpaired) electrons. The number of aromatic nitrogens is 1. The van der Waals surface area contributed by atoms with Gasteiger partial charge in [0.25, 0.3) is 0 Å². The molecule has 0 unspecified atom stereocenters. The lowest BCUT2D eigenvalue weighted by molar-refractivity contribution is 0.473. The van der Waals surface area contributed by atoms with Crippen LogP contribution in [0.2, 0.25) is 0 Å². The largest absolute Gasteiger partial charge is 0.506 e. The quantitative estimate of drug-likeness (QED) is 0.653. The molecule has 118 valence electrons. The normalized spacial score (nSPS) is 10.8. The van der Waals surface area contributed by atoms with Crippen LogP contribution in [0.25, 0.3) is 11.3 Å². The lowest BCUT2D eigenvalue weighted by Gasteiger charge is -2.06. The molecule has 0 aliphatic heterocycles. The summed E-state index contributed by atoms with van der Waals surface area (Å²) in [6.45, 7) is 2.22. The van der Waals surface area contributed by atoms with Crippen LogP contribution in [0.15, 0.2) is 36.5 Å². The van der Waals surface area contributed by atoms with Crippen molar-refractivity contribution in [3.8, 4) is 17.0 Å². The fourth-order valence-corrected chi connectivity index (χ4v) is 2.58. The van der Waals surface area contributed by atoms with Gasteiger partial charge in [0.2, 0.25) is 0 Å². The monoisotopic (exact) mass is 301 g/mol. The zero-order valence-electron chi connectivity index (χ0n) is 13.2. The minimum Gasteiger partial charge on any atom is -0.506 e. The molecule has 0 spiro atoms. The zero-order valence-corrected chi connectivity index (χ0v) is 13.2. The molecular weight excluding hydrogens is 277 g/mol. The molecule has 0 aliphatic rings. The molecule has 0 fully saturated rings. The van der Waals surface area contributed by atoms with E-state index in [0.29, 0.717) is 11.3 Å². The van der Waals surface area contributed by atoms with E-state index >= 15 is 0 Å². The Labute approximate surface area is 132 Å². The highest BCUT2D eigenvalue weighted by molar-refractivity contribution is 5.60. The third kappa shape index (κ3) is 4.83. The predicted octanol–water partition coefficient (Wildman–Crippen LogP) is 5.50. The lowest BCUT2D eigenvalue weighted by atomic mass is 10.0. The second-order valence-electron chi connectivity index (χ2n) is 5.73. The van der Waals surface area contributed by atoms with Crippen molar-refractivity contribution >= 4 is 0 Å². The van der Waals surface area contributed by atoms with E-state index in [1.54, 1.807) is 18.2 Å². The maximum atomic E-state index is 14.2. The summed E-state index contributed by atoms with van der Waals surface area (Å²) in [4.78, 5) is 4.05. The number of hydrogen-bond donors (Lipinski definition) is 1. The maximum absolute atomic E-state index is 14.2. The summed E-state index contributed by atoms with van der Waals surface area (Å²) in [7, 11) is 0. The molecule has 1 aromatic carbocycles. The van der Waals surface area contributed by atoms with E-state index in [1.807, 2.05) is 6.07 Å². The molecule has 2 nitrogen and oxygen atoms in total. The summed E-state index contributed by atoms with van der Waals surface area (Å²) >= 11 is 0. The predicted molar refractivity (Wildman–Crippen MR) is 88.4 cm³/mol. The second-order valence-corrected chi connectivity index (χ2v) is 5.73. The number of pyridine rings is 1. The second kappa shape index (κ2) is 8.52. The summed E-state index contributed by atoms with van der Waals surface area (Å²) in [5.41, 5.74) is 2.06. The number of unbranched alkanes of at least 4 members (excludes halogenated alkanes) is 5. The Morgan fingerprint density at radius 2 is 1.77 bits per heavy atom. The molecule has 1 heterocycles. The standard InChI is InChI=1S/C19H24FNO/c1-2-3-4-5-6-7-8-15-9-11-17(18(20)13-15)19-12-10-16(22)14-21-19/h9-14,22H,2-8H2,1H3. The fraction of sp³-hybridized carbons (Fsp3) is 0.421. The minimum atomic E-state index is -0.248. The van der Waals surface area contributed by atoms with Gasteiger partial charge in [-0.25, -0.2) is 4.39 Å². The van der Waals surface area contributed by atoms with Gasteiger partial charge in [-0.05, 0) is 42.7 Å². The van der Waals surface area contributed by atoms with E-state index in [0.717, 1.165) is 18.4 Å². The van der Waals surface area contributed by atoms with Crippen LogP contribution in [0.1, 0.15) is 51.0 Å². The van der Waals surface area contributed by atoms with Gasteiger partial charge in [0.15, 0.2) is 0 Å². The van der Waals surface area contributed by atoms with Crippen LogP contribution in [0.4, 0.5) is 4.39 Å². The van der Waals surface area contributed by atoms with Gasteiger partial charge >= 0.3 is 0 Å². The van der Waals surface area contributed by atoms with Gasteiger partial charge in [0.1, 0.15) is 11.6 Å². The highest BCUT2D eigenvalue weighted by atomic mass is 19.1. The first-order valence-corrected chi connectivity index (χ1v) is 8.14. The van der Waals surface area contributed by atoms with E-state index in [9.17, 15) is 9.50 Å². The van der Waals surface area contributed by atoms with E-state index in [2.05, 4.69) is 11.9 Å². The van der Waals surface area contributed by atoms with Gasteiger partial charge in [-0.1, -0.05) is 45.1 Å². The Balaban J connectivity index is 1.91. The average molecular weight is 301 g/mol. The molecule has 0 aliphatic carbocycles. The first kappa shape index (κ1) is 16.5. The molecule has 22 heavy (non-hydrogen) atoms. The summed E-state index contributed by atoms with van der Waals surface area (Å²) in [6.07, 6.45) is 9.72. The maximum Gasteiger partial charge on any atom is 0.133 e. The smallest absolute Gasteiger partial charge is 0.133 e.